The molecular weight excluding hydrogens is 268 g/mol. The summed E-state index contributed by atoms with van der Waals surface area (Å²) in [5, 5.41) is 25.7. The molecule has 0 unspecified atom stereocenters. The first kappa shape index (κ1) is 14.7. The third-order valence-corrected chi connectivity index (χ3v) is 3.05. The number of nitriles is 1. The first-order valence-electron chi connectivity index (χ1n) is 6.42. The second kappa shape index (κ2) is 5.01. The largest absolute Gasteiger partial charge is 0.382 e. The molecule has 0 saturated carbocycles. The van der Waals surface area contributed by atoms with Crippen LogP contribution < -0.4 is 5.73 Å². The quantitative estimate of drug-likeness (QED) is 0.854. The van der Waals surface area contributed by atoms with E-state index in [-0.39, 0.29) is 5.41 Å². The maximum atomic E-state index is 9.03. The molecule has 2 aromatic heterocycles. The summed E-state index contributed by atoms with van der Waals surface area (Å²) in [6.45, 7) is 6.08. The fraction of sp³-hybridized carbons (Fsp3) is 0.462. The van der Waals surface area contributed by atoms with Crippen molar-refractivity contribution >= 4 is 17.3 Å². The maximum absolute atomic E-state index is 9.03. The van der Waals surface area contributed by atoms with Crippen molar-refractivity contribution in [3.8, 4) is 6.07 Å². The molecule has 0 saturated heterocycles. The van der Waals surface area contributed by atoms with E-state index in [1.54, 1.807) is 18.8 Å². The topological polar surface area (TPSA) is 110 Å². The lowest BCUT2D eigenvalue weighted by atomic mass is 9.91. The standard InChI is InChI=1S/C13H18N8/c1-13(2,3)10-9(11(15)20(4)19-10)17-18-12-8(6-14)7-16-21(12)5/h7H,15H2,1-5H3. The molecule has 0 spiro atoms. The van der Waals surface area contributed by atoms with Gasteiger partial charge in [-0.2, -0.15) is 15.5 Å². The van der Waals surface area contributed by atoms with Gasteiger partial charge < -0.3 is 5.73 Å². The van der Waals surface area contributed by atoms with Gasteiger partial charge in [0.05, 0.1) is 11.9 Å². The van der Waals surface area contributed by atoms with Crippen LogP contribution in [0.3, 0.4) is 0 Å². The van der Waals surface area contributed by atoms with Crippen LogP contribution in [-0.4, -0.2) is 19.6 Å². The van der Waals surface area contributed by atoms with Crippen LogP contribution in [0.15, 0.2) is 16.4 Å². The monoisotopic (exact) mass is 286 g/mol. The van der Waals surface area contributed by atoms with Crippen LogP contribution in [-0.2, 0) is 19.5 Å². The highest BCUT2D eigenvalue weighted by atomic mass is 15.4. The summed E-state index contributed by atoms with van der Waals surface area (Å²) in [4.78, 5) is 0. The number of anilines is 1. The number of aryl methyl sites for hydroxylation is 2. The molecule has 0 bridgehead atoms. The van der Waals surface area contributed by atoms with Crippen molar-refractivity contribution in [2.75, 3.05) is 5.73 Å². The number of aromatic nitrogens is 4. The first-order valence-corrected chi connectivity index (χ1v) is 6.42. The van der Waals surface area contributed by atoms with Crippen LogP contribution in [0.4, 0.5) is 17.3 Å². The van der Waals surface area contributed by atoms with E-state index < -0.39 is 0 Å². The summed E-state index contributed by atoms with van der Waals surface area (Å²) in [6.07, 6.45) is 1.45. The Morgan fingerprint density at radius 1 is 1.24 bits per heavy atom. The Morgan fingerprint density at radius 3 is 2.48 bits per heavy atom. The van der Waals surface area contributed by atoms with Crippen LogP contribution >= 0.6 is 0 Å². The van der Waals surface area contributed by atoms with Gasteiger partial charge in [0, 0.05) is 19.5 Å². The van der Waals surface area contributed by atoms with E-state index in [0.29, 0.717) is 22.9 Å². The average Bonchev–Trinajstić information content (AvgIpc) is 2.89. The Balaban J connectivity index is 2.52. The normalized spacial score (nSPS) is 12.0. The molecule has 0 aliphatic rings. The number of hydrogen-bond donors (Lipinski definition) is 1. The SMILES string of the molecule is Cn1nc(C(C)(C)C)c(N=Nc2c(C#N)cnn2C)c1N. The van der Waals surface area contributed by atoms with Gasteiger partial charge >= 0.3 is 0 Å². The maximum Gasteiger partial charge on any atom is 0.190 e. The van der Waals surface area contributed by atoms with E-state index in [0.717, 1.165) is 5.69 Å². The summed E-state index contributed by atoms with van der Waals surface area (Å²) in [6, 6.07) is 2.03. The van der Waals surface area contributed by atoms with Gasteiger partial charge in [-0.15, -0.1) is 10.2 Å². The number of nitrogens with zero attached hydrogens (tertiary/aromatic N) is 7. The fourth-order valence-electron chi connectivity index (χ4n) is 1.86. The third-order valence-electron chi connectivity index (χ3n) is 3.05. The zero-order valence-corrected chi connectivity index (χ0v) is 12.8. The van der Waals surface area contributed by atoms with E-state index in [1.807, 2.05) is 26.8 Å². The summed E-state index contributed by atoms with van der Waals surface area (Å²) < 4.78 is 3.06. The van der Waals surface area contributed by atoms with Gasteiger partial charge in [0.15, 0.2) is 11.5 Å². The zero-order valence-electron chi connectivity index (χ0n) is 12.8. The molecule has 21 heavy (non-hydrogen) atoms. The fourth-order valence-corrected chi connectivity index (χ4v) is 1.86. The molecule has 8 nitrogen and oxygen atoms in total. The molecule has 8 heteroatoms. The lowest BCUT2D eigenvalue weighted by Gasteiger charge is -2.15. The van der Waals surface area contributed by atoms with Gasteiger partial charge in [0.2, 0.25) is 0 Å². The second-order valence-corrected chi connectivity index (χ2v) is 5.77. The van der Waals surface area contributed by atoms with Crippen molar-refractivity contribution in [1.82, 2.24) is 19.6 Å². The number of azo groups is 1. The summed E-state index contributed by atoms with van der Waals surface area (Å²) in [5.74, 6) is 0.824. The predicted octanol–water partition coefficient (Wildman–Crippen LogP) is 2.32. The van der Waals surface area contributed by atoms with Crippen LogP contribution in [0.2, 0.25) is 0 Å². The molecule has 2 rings (SSSR count). The minimum absolute atomic E-state index is 0.214. The minimum atomic E-state index is -0.214. The highest BCUT2D eigenvalue weighted by molar-refractivity contribution is 5.63. The number of nitrogen functional groups attached to an aromatic ring is 1. The number of hydrogen-bond acceptors (Lipinski definition) is 6. The molecule has 0 aliphatic carbocycles. The summed E-state index contributed by atoms with van der Waals surface area (Å²) in [5.41, 5.74) is 7.44. The van der Waals surface area contributed by atoms with Crippen molar-refractivity contribution in [2.45, 2.75) is 26.2 Å². The van der Waals surface area contributed by atoms with Gasteiger partial charge in [-0.3, -0.25) is 4.68 Å². The van der Waals surface area contributed by atoms with Crippen molar-refractivity contribution < 1.29 is 0 Å². The zero-order chi connectivity index (χ0) is 15.8. The summed E-state index contributed by atoms with van der Waals surface area (Å²) >= 11 is 0. The highest BCUT2D eigenvalue weighted by Gasteiger charge is 2.25. The molecule has 0 aliphatic heterocycles. The Kier molecular flexibility index (Phi) is 3.51. The van der Waals surface area contributed by atoms with E-state index in [4.69, 9.17) is 11.0 Å². The Hall–Kier alpha value is -2.69. The highest BCUT2D eigenvalue weighted by Crippen LogP contribution is 2.36. The molecule has 0 radical (unpaired) electrons. The van der Waals surface area contributed by atoms with E-state index in [1.165, 1.54) is 10.9 Å². The van der Waals surface area contributed by atoms with Crippen LogP contribution in [0, 0.1) is 11.3 Å². The number of rotatable bonds is 2. The van der Waals surface area contributed by atoms with E-state index in [2.05, 4.69) is 20.4 Å². The Bertz CT molecular complexity index is 736. The molecule has 0 aromatic carbocycles. The van der Waals surface area contributed by atoms with Gasteiger partial charge in [-0.05, 0) is 0 Å². The average molecular weight is 286 g/mol. The van der Waals surface area contributed by atoms with Gasteiger partial charge in [-0.25, -0.2) is 4.68 Å². The lowest BCUT2D eigenvalue weighted by molar-refractivity contribution is 0.554. The van der Waals surface area contributed by atoms with Gasteiger partial charge in [0.1, 0.15) is 17.5 Å². The molecule has 0 amide bonds. The molecule has 2 N–H and O–H groups in total. The van der Waals surface area contributed by atoms with Crippen LogP contribution in [0.5, 0.6) is 0 Å². The smallest absolute Gasteiger partial charge is 0.190 e. The predicted molar refractivity (Wildman–Crippen MR) is 78.4 cm³/mol. The Morgan fingerprint density at radius 2 is 1.90 bits per heavy atom. The Labute approximate surface area is 122 Å². The molecule has 0 atom stereocenters. The second-order valence-electron chi connectivity index (χ2n) is 5.77. The van der Waals surface area contributed by atoms with Crippen molar-refractivity contribution in [3.05, 3.63) is 17.5 Å². The molecular formula is C13H18N8. The first-order chi connectivity index (χ1) is 9.75. The number of nitrogens with two attached hydrogens (primary N) is 1. The van der Waals surface area contributed by atoms with Crippen LogP contribution in [0.25, 0.3) is 0 Å². The van der Waals surface area contributed by atoms with Crippen LogP contribution in [0.1, 0.15) is 32.0 Å². The van der Waals surface area contributed by atoms with Crippen molar-refractivity contribution in [2.24, 2.45) is 24.3 Å². The minimum Gasteiger partial charge on any atom is -0.382 e. The summed E-state index contributed by atoms with van der Waals surface area (Å²) in [7, 11) is 3.46. The van der Waals surface area contributed by atoms with E-state index in [9.17, 15) is 0 Å². The van der Waals surface area contributed by atoms with Crippen molar-refractivity contribution in [1.29, 1.82) is 5.26 Å². The third kappa shape index (κ3) is 2.63. The molecule has 0 fully saturated rings. The van der Waals surface area contributed by atoms with Gasteiger partial charge in [-0.1, -0.05) is 20.8 Å². The lowest BCUT2D eigenvalue weighted by Crippen LogP contribution is -2.12. The molecule has 2 heterocycles. The molecule has 110 valence electrons. The molecule has 2 aromatic rings. The van der Waals surface area contributed by atoms with E-state index >= 15 is 0 Å². The van der Waals surface area contributed by atoms with Crippen molar-refractivity contribution in [3.63, 3.8) is 0 Å². The van der Waals surface area contributed by atoms with Gasteiger partial charge in [0.25, 0.3) is 0 Å².